The monoisotopic (exact) mass is 512 g/mol. The van der Waals surface area contributed by atoms with Crippen LogP contribution in [0.5, 0.6) is 0 Å². The van der Waals surface area contributed by atoms with Gasteiger partial charge >= 0.3 is 6.09 Å². The number of ether oxygens (including phenoxy) is 1. The smallest absolute Gasteiger partial charge is 0.409 e. The Balaban J connectivity index is 1.26. The van der Waals surface area contributed by atoms with Gasteiger partial charge in [-0.25, -0.2) is 4.79 Å². The molecule has 3 aliphatic rings. The molecule has 36 heavy (non-hydrogen) atoms. The first-order chi connectivity index (χ1) is 17.5. The van der Waals surface area contributed by atoms with Crippen LogP contribution in [0.15, 0.2) is 18.2 Å². The van der Waals surface area contributed by atoms with Crippen molar-refractivity contribution in [2.45, 2.75) is 51.9 Å². The number of rotatable bonds is 6. The van der Waals surface area contributed by atoms with Crippen LogP contribution in [-0.4, -0.2) is 84.1 Å². The van der Waals surface area contributed by atoms with Crippen LogP contribution in [0.1, 0.15) is 60.6 Å². The summed E-state index contributed by atoms with van der Waals surface area (Å²) in [5.74, 6) is 0.613. The Morgan fingerprint density at radius 2 is 1.83 bits per heavy atom. The van der Waals surface area contributed by atoms with Crippen molar-refractivity contribution in [3.63, 3.8) is 0 Å². The number of likely N-dealkylation sites (tertiary alicyclic amines) is 1. The molecule has 0 spiro atoms. The number of nitrogens with zero attached hydrogens (tertiary/aromatic N) is 4. The lowest BCUT2D eigenvalue weighted by molar-refractivity contribution is 0.0560. The molecule has 1 aliphatic carbocycles. The second-order valence-electron chi connectivity index (χ2n) is 10.4. The van der Waals surface area contributed by atoms with Crippen LogP contribution < -0.4 is 0 Å². The van der Waals surface area contributed by atoms with Gasteiger partial charge in [-0.3, -0.25) is 9.78 Å². The summed E-state index contributed by atoms with van der Waals surface area (Å²) >= 11 is 6.86. The minimum absolute atomic E-state index is 0.0300. The predicted octanol–water partition coefficient (Wildman–Crippen LogP) is 4.78. The molecule has 1 unspecified atom stereocenters. The third-order valence-corrected chi connectivity index (χ3v) is 8.37. The Hall–Kier alpha value is -2.38. The van der Waals surface area contributed by atoms with Crippen LogP contribution in [0.3, 0.4) is 0 Å². The molecule has 2 aromatic rings. The molecule has 0 bridgehead atoms. The number of benzene rings is 1. The molecule has 3 heterocycles. The second kappa shape index (κ2) is 11.3. The van der Waals surface area contributed by atoms with E-state index in [1.165, 1.54) is 50.9 Å². The molecule has 8 heteroatoms. The largest absolute Gasteiger partial charge is 0.449 e. The quantitative estimate of drug-likeness (QED) is 0.557. The van der Waals surface area contributed by atoms with Gasteiger partial charge in [0.05, 0.1) is 17.1 Å². The summed E-state index contributed by atoms with van der Waals surface area (Å²) in [5.41, 5.74) is 3.71. The first kappa shape index (κ1) is 25.3. The van der Waals surface area contributed by atoms with Crippen molar-refractivity contribution in [2.24, 2.45) is 5.92 Å². The van der Waals surface area contributed by atoms with Gasteiger partial charge in [0.2, 0.25) is 0 Å². The SMILES string of the molecule is CCCOC(=O)N1CCN(C(=O)c2ccc3c(Cl)c4c(nc3c2)CC(CCN2CCCC2)CC4)CC1. The highest BCUT2D eigenvalue weighted by atomic mass is 35.5. The van der Waals surface area contributed by atoms with Crippen molar-refractivity contribution in [2.75, 3.05) is 52.4 Å². The topological polar surface area (TPSA) is 66.0 Å². The van der Waals surface area contributed by atoms with E-state index in [-0.39, 0.29) is 12.0 Å². The number of halogens is 1. The first-order valence-corrected chi connectivity index (χ1v) is 14.0. The molecule has 5 rings (SSSR count). The zero-order valence-electron chi connectivity index (χ0n) is 21.3. The van der Waals surface area contributed by atoms with Crippen molar-refractivity contribution < 1.29 is 14.3 Å². The maximum Gasteiger partial charge on any atom is 0.409 e. The molecular formula is C28H37ClN4O3. The molecule has 7 nitrogen and oxygen atoms in total. The van der Waals surface area contributed by atoms with Gasteiger partial charge in [-0.05, 0) is 88.2 Å². The Labute approximate surface area is 218 Å². The zero-order chi connectivity index (χ0) is 25.1. The molecule has 2 amide bonds. The first-order valence-electron chi connectivity index (χ1n) is 13.6. The van der Waals surface area contributed by atoms with Crippen molar-refractivity contribution in [1.29, 1.82) is 0 Å². The minimum atomic E-state index is -0.294. The van der Waals surface area contributed by atoms with Crippen molar-refractivity contribution in [3.8, 4) is 0 Å². The number of pyridine rings is 1. The van der Waals surface area contributed by atoms with Gasteiger partial charge in [0.25, 0.3) is 5.91 Å². The van der Waals surface area contributed by atoms with Crippen LogP contribution in [0.4, 0.5) is 4.79 Å². The molecule has 1 aromatic carbocycles. The Morgan fingerprint density at radius 1 is 1.08 bits per heavy atom. The summed E-state index contributed by atoms with van der Waals surface area (Å²) in [6, 6.07) is 5.68. The van der Waals surface area contributed by atoms with E-state index in [0.29, 0.717) is 44.3 Å². The molecule has 1 atom stereocenters. The van der Waals surface area contributed by atoms with Gasteiger partial charge in [-0.15, -0.1) is 0 Å². The number of hydrogen-bond donors (Lipinski definition) is 0. The summed E-state index contributed by atoms with van der Waals surface area (Å²) in [6.45, 7) is 8.02. The fraction of sp³-hybridized carbons (Fsp3) is 0.607. The molecule has 0 N–H and O–H groups in total. The molecule has 1 aromatic heterocycles. The van der Waals surface area contributed by atoms with E-state index in [4.69, 9.17) is 21.3 Å². The number of amides is 2. The summed E-state index contributed by atoms with van der Waals surface area (Å²) < 4.78 is 5.22. The fourth-order valence-electron chi connectivity index (χ4n) is 5.76. The lowest BCUT2D eigenvalue weighted by Gasteiger charge is -2.34. The zero-order valence-corrected chi connectivity index (χ0v) is 22.1. The van der Waals surface area contributed by atoms with Gasteiger partial charge in [0, 0.05) is 42.8 Å². The maximum atomic E-state index is 13.3. The number of carbonyl (C=O) groups is 2. The highest BCUT2D eigenvalue weighted by Gasteiger charge is 2.27. The average Bonchev–Trinajstić information content (AvgIpc) is 3.44. The lowest BCUT2D eigenvalue weighted by atomic mass is 9.84. The van der Waals surface area contributed by atoms with Crippen LogP contribution in [0.25, 0.3) is 10.9 Å². The van der Waals surface area contributed by atoms with Crippen LogP contribution in [-0.2, 0) is 17.6 Å². The highest BCUT2D eigenvalue weighted by molar-refractivity contribution is 6.36. The highest BCUT2D eigenvalue weighted by Crippen LogP contribution is 2.36. The van der Waals surface area contributed by atoms with Crippen LogP contribution in [0, 0.1) is 5.92 Å². The molecule has 0 saturated carbocycles. The molecule has 0 radical (unpaired) electrons. The van der Waals surface area contributed by atoms with E-state index in [9.17, 15) is 9.59 Å². The summed E-state index contributed by atoms with van der Waals surface area (Å²) in [5, 5.41) is 1.72. The van der Waals surface area contributed by atoms with Gasteiger partial charge in [0.15, 0.2) is 0 Å². The maximum absolute atomic E-state index is 13.3. The van der Waals surface area contributed by atoms with Crippen molar-refractivity contribution in [1.82, 2.24) is 19.7 Å². The number of fused-ring (bicyclic) bond motifs is 2. The van der Waals surface area contributed by atoms with Crippen LogP contribution >= 0.6 is 11.6 Å². The van der Waals surface area contributed by atoms with E-state index < -0.39 is 0 Å². The van der Waals surface area contributed by atoms with Gasteiger partial charge < -0.3 is 19.4 Å². The normalized spacial score (nSPS) is 20.6. The Morgan fingerprint density at radius 3 is 2.58 bits per heavy atom. The molecule has 2 saturated heterocycles. The summed E-state index contributed by atoms with van der Waals surface area (Å²) in [6.07, 6.45) is 7.50. The average molecular weight is 513 g/mol. The van der Waals surface area contributed by atoms with E-state index in [1.54, 1.807) is 9.80 Å². The summed E-state index contributed by atoms with van der Waals surface area (Å²) in [7, 11) is 0. The fourth-order valence-corrected chi connectivity index (χ4v) is 6.13. The molecule has 194 valence electrons. The van der Waals surface area contributed by atoms with E-state index in [0.717, 1.165) is 40.9 Å². The second-order valence-corrected chi connectivity index (χ2v) is 10.8. The van der Waals surface area contributed by atoms with E-state index in [2.05, 4.69) is 4.90 Å². The number of carbonyl (C=O) groups excluding carboxylic acids is 2. The Kier molecular flexibility index (Phi) is 7.96. The van der Waals surface area contributed by atoms with Crippen molar-refractivity contribution >= 4 is 34.5 Å². The Bertz CT molecular complexity index is 1110. The number of aromatic nitrogens is 1. The lowest BCUT2D eigenvalue weighted by Crippen LogP contribution is -2.50. The van der Waals surface area contributed by atoms with Gasteiger partial charge in [0.1, 0.15) is 0 Å². The molecule has 2 aliphatic heterocycles. The molecule has 2 fully saturated rings. The van der Waals surface area contributed by atoms with E-state index >= 15 is 0 Å². The third kappa shape index (κ3) is 5.47. The number of hydrogen-bond acceptors (Lipinski definition) is 5. The third-order valence-electron chi connectivity index (χ3n) is 7.94. The van der Waals surface area contributed by atoms with Crippen molar-refractivity contribution in [3.05, 3.63) is 40.0 Å². The van der Waals surface area contributed by atoms with Crippen LogP contribution in [0.2, 0.25) is 5.02 Å². The predicted molar refractivity (Wildman–Crippen MR) is 142 cm³/mol. The summed E-state index contributed by atoms with van der Waals surface area (Å²) in [4.78, 5) is 36.4. The van der Waals surface area contributed by atoms with Gasteiger partial charge in [-0.1, -0.05) is 24.6 Å². The molecular weight excluding hydrogens is 476 g/mol. The number of piperazine rings is 1. The van der Waals surface area contributed by atoms with E-state index in [1.807, 2.05) is 25.1 Å². The van der Waals surface area contributed by atoms with Gasteiger partial charge in [-0.2, -0.15) is 0 Å². The minimum Gasteiger partial charge on any atom is -0.449 e. The standard InChI is InChI=1S/C28H37ClN4O3/c1-2-17-36-28(35)33-15-13-32(14-16-33)27(34)21-6-8-23-25(19-21)30-24-18-20(5-7-22(24)26(23)29)9-12-31-10-3-4-11-31/h6,8,19-20H,2-5,7,9-18H2,1H3.